The summed E-state index contributed by atoms with van der Waals surface area (Å²) in [4.78, 5) is 24.9. The fraction of sp³-hybridized carbons (Fsp3) is 0.318. The fourth-order valence-corrected chi connectivity index (χ4v) is 3.84. The molecule has 30 heavy (non-hydrogen) atoms. The maximum atomic E-state index is 12.5. The van der Waals surface area contributed by atoms with Gasteiger partial charge in [0.05, 0.1) is 10.7 Å². The topological polar surface area (TPSA) is 81.0 Å². The highest BCUT2D eigenvalue weighted by atomic mass is 35.5. The van der Waals surface area contributed by atoms with E-state index in [1.807, 2.05) is 36.4 Å². The van der Waals surface area contributed by atoms with Gasteiger partial charge in [0, 0.05) is 25.2 Å². The average Bonchev–Trinajstić information content (AvgIpc) is 2.90. The van der Waals surface area contributed by atoms with Crippen molar-refractivity contribution in [2.45, 2.75) is 45.3 Å². The molecule has 1 aliphatic rings. The van der Waals surface area contributed by atoms with Crippen LogP contribution in [0.2, 0.25) is 5.02 Å². The molecule has 0 saturated heterocycles. The second-order valence-electron chi connectivity index (χ2n) is 7.40. The van der Waals surface area contributed by atoms with Gasteiger partial charge in [-0.1, -0.05) is 48.4 Å². The van der Waals surface area contributed by atoms with E-state index < -0.39 is 0 Å². The number of halogens is 1. The standard InChI is InChI=1S/C22H24ClN5O2/c23-18-13-17(10-11-19(18)24-14-16-7-3-1-4-8-16)25-21(29)15-28-22(30)27-12-6-2-5-9-20(27)26-28/h1,3-4,7-8,10-11,13,24H,2,5-6,9,12,14-15H2,(H,25,29). The summed E-state index contributed by atoms with van der Waals surface area (Å²) in [6.45, 7) is 1.20. The lowest BCUT2D eigenvalue weighted by Gasteiger charge is -2.11. The Bertz CT molecular complexity index is 1090. The summed E-state index contributed by atoms with van der Waals surface area (Å²) in [5.41, 5.74) is 2.28. The lowest BCUT2D eigenvalue weighted by atomic mass is 10.2. The maximum Gasteiger partial charge on any atom is 0.346 e. The molecule has 0 aliphatic carbocycles. The highest BCUT2D eigenvalue weighted by molar-refractivity contribution is 6.33. The first-order chi connectivity index (χ1) is 14.6. The summed E-state index contributed by atoms with van der Waals surface area (Å²) >= 11 is 6.36. The molecule has 2 aromatic carbocycles. The number of nitrogens with zero attached hydrogens (tertiary/aromatic N) is 3. The third kappa shape index (κ3) is 4.74. The molecule has 2 heterocycles. The van der Waals surface area contributed by atoms with Gasteiger partial charge in [-0.15, -0.1) is 0 Å². The SMILES string of the molecule is O=C(Cn1nc2n(c1=O)CCCCC2)Nc1ccc(NCc2ccccc2)c(Cl)c1. The zero-order valence-electron chi connectivity index (χ0n) is 16.6. The van der Waals surface area contributed by atoms with Crippen molar-refractivity contribution in [2.24, 2.45) is 0 Å². The minimum atomic E-state index is -0.313. The molecule has 0 spiro atoms. The van der Waals surface area contributed by atoms with Crippen LogP contribution in [-0.4, -0.2) is 20.3 Å². The molecule has 0 fully saturated rings. The molecule has 1 aromatic heterocycles. The van der Waals surface area contributed by atoms with Gasteiger partial charge in [-0.3, -0.25) is 9.36 Å². The molecule has 1 amide bonds. The van der Waals surface area contributed by atoms with Crippen LogP contribution in [-0.2, 0) is 30.8 Å². The highest BCUT2D eigenvalue weighted by Gasteiger charge is 2.17. The summed E-state index contributed by atoms with van der Waals surface area (Å²) in [5.74, 6) is 0.452. The molecule has 2 N–H and O–H groups in total. The van der Waals surface area contributed by atoms with Crippen LogP contribution >= 0.6 is 11.6 Å². The Morgan fingerprint density at radius 2 is 1.93 bits per heavy atom. The number of amides is 1. The van der Waals surface area contributed by atoms with E-state index in [0.717, 1.165) is 42.8 Å². The van der Waals surface area contributed by atoms with Gasteiger partial charge >= 0.3 is 5.69 Å². The minimum Gasteiger partial charge on any atom is -0.380 e. The van der Waals surface area contributed by atoms with Crippen molar-refractivity contribution in [3.63, 3.8) is 0 Å². The Morgan fingerprint density at radius 1 is 1.10 bits per heavy atom. The number of benzene rings is 2. The number of nitrogens with one attached hydrogen (secondary N) is 2. The maximum absolute atomic E-state index is 12.5. The van der Waals surface area contributed by atoms with Crippen molar-refractivity contribution in [3.8, 4) is 0 Å². The van der Waals surface area contributed by atoms with Crippen molar-refractivity contribution in [2.75, 3.05) is 10.6 Å². The van der Waals surface area contributed by atoms with E-state index in [1.54, 1.807) is 16.7 Å². The lowest BCUT2D eigenvalue weighted by Crippen LogP contribution is -2.30. The first-order valence-corrected chi connectivity index (χ1v) is 10.5. The molecule has 0 atom stereocenters. The molecule has 4 rings (SSSR count). The van der Waals surface area contributed by atoms with Crippen molar-refractivity contribution in [3.05, 3.63) is 75.4 Å². The molecule has 0 radical (unpaired) electrons. The van der Waals surface area contributed by atoms with Crippen LogP contribution in [0.5, 0.6) is 0 Å². The molecule has 0 unspecified atom stereocenters. The Hall–Kier alpha value is -3.06. The van der Waals surface area contributed by atoms with Gasteiger partial charge in [-0.25, -0.2) is 9.48 Å². The smallest absolute Gasteiger partial charge is 0.346 e. The third-order valence-electron chi connectivity index (χ3n) is 5.15. The van der Waals surface area contributed by atoms with Gasteiger partial charge in [0.25, 0.3) is 0 Å². The Balaban J connectivity index is 1.38. The van der Waals surface area contributed by atoms with Crippen LogP contribution in [0, 0.1) is 0 Å². The predicted octanol–water partition coefficient (Wildman–Crippen LogP) is 3.68. The molecule has 1 aliphatic heterocycles. The van der Waals surface area contributed by atoms with Crippen molar-refractivity contribution in [1.29, 1.82) is 0 Å². The van der Waals surface area contributed by atoms with E-state index in [2.05, 4.69) is 15.7 Å². The van der Waals surface area contributed by atoms with E-state index in [9.17, 15) is 9.59 Å². The minimum absolute atomic E-state index is 0.121. The number of rotatable bonds is 6. The highest BCUT2D eigenvalue weighted by Crippen LogP contribution is 2.26. The summed E-state index contributed by atoms with van der Waals surface area (Å²) in [5, 5.41) is 10.9. The van der Waals surface area contributed by atoms with Crippen molar-refractivity contribution >= 4 is 28.9 Å². The first kappa shape index (κ1) is 20.2. The average molecular weight is 426 g/mol. The zero-order valence-corrected chi connectivity index (χ0v) is 17.4. The van der Waals surface area contributed by atoms with Crippen LogP contribution in [0.25, 0.3) is 0 Å². The molecule has 0 saturated carbocycles. The Morgan fingerprint density at radius 3 is 2.73 bits per heavy atom. The van der Waals surface area contributed by atoms with Gasteiger partial charge in [0.1, 0.15) is 12.4 Å². The molecular weight excluding hydrogens is 402 g/mol. The largest absolute Gasteiger partial charge is 0.380 e. The Labute approximate surface area is 179 Å². The van der Waals surface area contributed by atoms with Crippen LogP contribution in [0.1, 0.15) is 30.7 Å². The fourth-order valence-electron chi connectivity index (χ4n) is 3.59. The Kier molecular flexibility index (Phi) is 6.18. The molecule has 156 valence electrons. The predicted molar refractivity (Wildman–Crippen MR) is 118 cm³/mol. The van der Waals surface area contributed by atoms with Crippen molar-refractivity contribution in [1.82, 2.24) is 14.3 Å². The van der Waals surface area contributed by atoms with Gasteiger partial charge in [-0.2, -0.15) is 5.10 Å². The zero-order chi connectivity index (χ0) is 20.9. The summed E-state index contributed by atoms with van der Waals surface area (Å²) in [6, 6.07) is 15.3. The van der Waals surface area contributed by atoms with Crippen LogP contribution in [0.15, 0.2) is 53.3 Å². The second-order valence-corrected chi connectivity index (χ2v) is 7.81. The van der Waals surface area contributed by atoms with Crippen LogP contribution in [0.3, 0.4) is 0 Å². The van der Waals surface area contributed by atoms with Crippen molar-refractivity contribution < 1.29 is 4.79 Å². The normalized spacial score (nSPS) is 13.4. The summed E-state index contributed by atoms with van der Waals surface area (Å²) in [7, 11) is 0. The van der Waals surface area contributed by atoms with Gasteiger partial charge < -0.3 is 10.6 Å². The number of aryl methyl sites for hydroxylation is 1. The number of anilines is 2. The summed E-state index contributed by atoms with van der Waals surface area (Å²) in [6.07, 6.45) is 3.86. The molecule has 7 nitrogen and oxygen atoms in total. The number of carbonyl (C=O) groups excluding carboxylic acids is 1. The summed E-state index contributed by atoms with van der Waals surface area (Å²) < 4.78 is 2.93. The monoisotopic (exact) mass is 425 g/mol. The molecule has 8 heteroatoms. The van der Waals surface area contributed by atoms with Gasteiger partial charge in [0.15, 0.2) is 0 Å². The van der Waals surface area contributed by atoms with Crippen LogP contribution < -0.4 is 16.3 Å². The number of hydrogen-bond donors (Lipinski definition) is 2. The van der Waals surface area contributed by atoms with E-state index >= 15 is 0 Å². The van der Waals surface area contributed by atoms with Crippen LogP contribution in [0.4, 0.5) is 11.4 Å². The van der Waals surface area contributed by atoms with Gasteiger partial charge in [0.2, 0.25) is 5.91 Å². The number of fused-ring (bicyclic) bond motifs is 1. The molecule has 3 aromatic rings. The first-order valence-electron chi connectivity index (χ1n) is 10.1. The molecule has 0 bridgehead atoms. The van der Waals surface area contributed by atoms with E-state index in [4.69, 9.17) is 11.6 Å². The van der Waals surface area contributed by atoms with E-state index in [-0.39, 0.29) is 18.1 Å². The third-order valence-corrected chi connectivity index (χ3v) is 5.47. The lowest BCUT2D eigenvalue weighted by molar-refractivity contribution is -0.117. The van der Waals surface area contributed by atoms with E-state index in [1.165, 1.54) is 4.68 Å². The second kappa shape index (κ2) is 9.17. The van der Waals surface area contributed by atoms with Gasteiger partial charge in [-0.05, 0) is 36.6 Å². The quantitative estimate of drug-likeness (QED) is 0.631. The number of aromatic nitrogens is 3. The van der Waals surface area contributed by atoms with E-state index in [0.29, 0.717) is 23.8 Å². The number of hydrogen-bond acceptors (Lipinski definition) is 4. The number of carbonyl (C=O) groups is 1. The molecular formula is C22H24ClN5O2.